The van der Waals surface area contributed by atoms with Crippen molar-refractivity contribution in [3.63, 3.8) is 0 Å². The first-order chi connectivity index (χ1) is 8.06. The minimum Gasteiger partial charge on any atom is -0.258 e. The molecule has 0 spiro atoms. The Morgan fingerprint density at radius 3 is 2.53 bits per heavy atom. The van der Waals surface area contributed by atoms with Crippen molar-refractivity contribution in [1.82, 2.24) is 0 Å². The molecule has 5 heteroatoms. The number of halogens is 2. The minimum absolute atomic E-state index is 0.0390. The van der Waals surface area contributed by atoms with Gasteiger partial charge in [0.05, 0.1) is 4.92 Å². The van der Waals surface area contributed by atoms with E-state index in [4.69, 9.17) is 11.6 Å². The first-order valence-electron chi connectivity index (χ1n) is 4.77. The summed E-state index contributed by atoms with van der Waals surface area (Å²) < 4.78 is 13.2. The second-order valence-electron chi connectivity index (χ2n) is 3.47. The Hall–Kier alpha value is -1.94. The van der Waals surface area contributed by atoms with Gasteiger partial charge in [0, 0.05) is 17.2 Å². The molecule has 0 N–H and O–H groups in total. The number of hydrogen-bond acceptors (Lipinski definition) is 2. The summed E-state index contributed by atoms with van der Waals surface area (Å²) in [5.74, 6) is -0.473. The van der Waals surface area contributed by atoms with E-state index in [-0.39, 0.29) is 10.7 Å². The molecule has 0 atom stereocenters. The summed E-state index contributed by atoms with van der Waals surface area (Å²) in [5, 5.41) is 10.9. The number of nitro benzene ring substituents is 1. The average Bonchev–Trinajstić information content (AvgIpc) is 2.28. The molecule has 0 aliphatic rings. The standard InChI is InChI=1S/C12H7ClFNO2/c13-10-4-9(5-11(14)7-10)8-2-1-3-12(6-8)15(16)17/h1-7H. The molecule has 0 unspecified atom stereocenters. The number of nitrogens with zero attached hydrogens (tertiary/aromatic N) is 1. The second kappa shape index (κ2) is 4.51. The van der Waals surface area contributed by atoms with Crippen LogP contribution in [0, 0.1) is 15.9 Å². The van der Waals surface area contributed by atoms with E-state index in [0.717, 1.165) is 0 Å². The SMILES string of the molecule is O=[N+]([O-])c1cccc(-c2cc(F)cc(Cl)c2)c1. The molecule has 0 aromatic heterocycles. The van der Waals surface area contributed by atoms with Gasteiger partial charge in [0.25, 0.3) is 5.69 Å². The van der Waals surface area contributed by atoms with Crippen molar-refractivity contribution in [2.24, 2.45) is 0 Å². The molecule has 0 aliphatic carbocycles. The van der Waals surface area contributed by atoms with Crippen LogP contribution in [0.5, 0.6) is 0 Å². The van der Waals surface area contributed by atoms with Crippen molar-refractivity contribution in [2.75, 3.05) is 0 Å². The summed E-state index contributed by atoms with van der Waals surface area (Å²) in [7, 11) is 0. The average molecular weight is 252 g/mol. The van der Waals surface area contributed by atoms with Crippen LogP contribution in [0.3, 0.4) is 0 Å². The predicted molar refractivity (Wildman–Crippen MR) is 63.5 cm³/mol. The van der Waals surface area contributed by atoms with Crippen LogP contribution >= 0.6 is 11.6 Å². The zero-order valence-corrected chi connectivity index (χ0v) is 9.32. The van der Waals surface area contributed by atoms with E-state index in [2.05, 4.69) is 0 Å². The van der Waals surface area contributed by atoms with Crippen LogP contribution < -0.4 is 0 Å². The van der Waals surface area contributed by atoms with Crippen LogP contribution in [0.15, 0.2) is 42.5 Å². The van der Waals surface area contributed by atoms with Gasteiger partial charge in [0.2, 0.25) is 0 Å². The summed E-state index contributed by atoms with van der Waals surface area (Å²) in [4.78, 5) is 10.1. The molecule has 2 rings (SSSR count). The monoisotopic (exact) mass is 251 g/mol. The molecular weight excluding hydrogens is 245 g/mol. The summed E-state index contributed by atoms with van der Waals surface area (Å²) >= 11 is 5.73. The molecule has 0 fully saturated rings. The molecule has 86 valence electrons. The molecular formula is C12H7ClFNO2. The van der Waals surface area contributed by atoms with Crippen molar-refractivity contribution in [1.29, 1.82) is 0 Å². The Bertz CT molecular complexity index is 566. The number of benzene rings is 2. The van der Waals surface area contributed by atoms with Gasteiger partial charge < -0.3 is 0 Å². The molecule has 17 heavy (non-hydrogen) atoms. The Labute approximate surface area is 102 Å². The van der Waals surface area contributed by atoms with Crippen LogP contribution in [0.2, 0.25) is 5.02 Å². The molecule has 0 saturated heterocycles. The van der Waals surface area contributed by atoms with Crippen LogP contribution in [-0.2, 0) is 0 Å². The Morgan fingerprint density at radius 2 is 1.88 bits per heavy atom. The van der Waals surface area contributed by atoms with E-state index in [1.54, 1.807) is 18.2 Å². The topological polar surface area (TPSA) is 43.1 Å². The van der Waals surface area contributed by atoms with Crippen LogP contribution in [0.4, 0.5) is 10.1 Å². The summed E-state index contributed by atoms with van der Waals surface area (Å²) in [6.07, 6.45) is 0. The fraction of sp³-hybridized carbons (Fsp3) is 0. The quantitative estimate of drug-likeness (QED) is 0.597. The third kappa shape index (κ3) is 2.60. The van der Waals surface area contributed by atoms with Crippen molar-refractivity contribution >= 4 is 17.3 Å². The molecule has 0 radical (unpaired) electrons. The third-order valence-electron chi connectivity index (χ3n) is 2.25. The van der Waals surface area contributed by atoms with Gasteiger partial charge in [-0.2, -0.15) is 0 Å². The van der Waals surface area contributed by atoms with E-state index < -0.39 is 10.7 Å². The van der Waals surface area contributed by atoms with E-state index >= 15 is 0 Å². The molecule has 3 nitrogen and oxygen atoms in total. The Morgan fingerprint density at radius 1 is 1.12 bits per heavy atom. The second-order valence-corrected chi connectivity index (χ2v) is 3.90. The summed E-state index contributed by atoms with van der Waals surface area (Å²) in [6, 6.07) is 10.00. The fourth-order valence-corrected chi connectivity index (χ4v) is 1.74. The lowest BCUT2D eigenvalue weighted by molar-refractivity contribution is -0.384. The molecule has 2 aromatic carbocycles. The van der Waals surface area contributed by atoms with Crippen LogP contribution in [0.25, 0.3) is 11.1 Å². The smallest absolute Gasteiger partial charge is 0.258 e. The van der Waals surface area contributed by atoms with E-state index in [9.17, 15) is 14.5 Å². The maximum absolute atomic E-state index is 13.2. The van der Waals surface area contributed by atoms with E-state index in [1.807, 2.05) is 0 Å². The van der Waals surface area contributed by atoms with Gasteiger partial charge in [-0.05, 0) is 29.3 Å². The first kappa shape index (κ1) is 11.5. The van der Waals surface area contributed by atoms with Gasteiger partial charge in [0.1, 0.15) is 5.82 Å². The summed E-state index contributed by atoms with van der Waals surface area (Å²) in [5.41, 5.74) is 1.03. The largest absolute Gasteiger partial charge is 0.270 e. The number of rotatable bonds is 2. The van der Waals surface area contributed by atoms with E-state index in [1.165, 1.54) is 24.3 Å². The summed E-state index contributed by atoms with van der Waals surface area (Å²) in [6.45, 7) is 0. The van der Waals surface area contributed by atoms with E-state index in [0.29, 0.717) is 11.1 Å². The molecule has 2 aromatic rings. The number of hydrogen-bond donors (Lipinski definition) is 0. The highest BCUT2D eigenvalue weighted by atomic mass is 35.5. The minimum atomic E-state index is -0.496. The third-order valence-corrected chi connectivity index (χ3v) is 2.47. The Balaban J connectivity index is 2.52. The fourth-order valence-electron chi connectivity index (χ4n) is 1.52. The number of nitro groups is 1. The lowest BCUT2D eigenvalue weighted by Gasteiger charge is -2.02. The van der Waals surface area contributed by atoms with Crippen molar-refractivity contribution in [2.45, 2.75) is 0 Å². The zero-order chi connectivity index (χ0) is 12.4. The maximum Gasteiger partial charge on any atom is 0.270 e. The molecule has 0 amide bonds. The normalized spacial score (nSPS) is 10.2. The van der Waals surface area contributed by atoms with Crippen LogP contribution in [0.1, 0.15) is 0 Å². The molecule has 0 heterocycles. The van der Waals surface area contributed by atoms with Crippen LogP contribution in [-0.4, -0.2) is 4.92 Å². The number of non-ortho nitro benzene ring substituents is 1. The Kier molecular flexibility index (Phi) is 3.06. The van der Waals surface area contributed by atoms with Gasteiger partial charge in [0.15, 0.2) is 0 Å². The highest BCUT2D eigenvalue weighted by Crippen LogP contribution is 2.27. The lowest BCUT2D eigenvalue weighted by Crippen LogP contribution is -1.88. The lowest BCUT2D eigenvalue weighted by atomic mass is 10.1. The zero-order valence-electron chi connectivity index (χ0n) is 8.56. The molecule has 0 bridgehead atoms. The van der Waals surface area contributed by atoms with Gasteiger partial charge in [-0.1, -0.05) is 23.7 Å². The predicted octanol–water partition coefficient (Wildman–Crippen LogP) is 4.05. The van der Waals surface area contributed by atoms with Crippen molar-refractivity contribution in [3.05, 3.63) is 63.4 Å². The van der Waals surface area contributed by atoms with Gasteiger partial charge in [-0.3, -0.25) is 10.1 Å². The van der Waals surface area contributed by atoms with Crippen molar-refractivity contribution < 1.29 is 9.31 Å². The maximum atomic E-state index is 13.2. The first-order valence-corrected chi connectivity index (χ1v) is 5.15. The highest BCUT2D eigenvalue weighted by Gasteiger charge is 2.08. The van der Waals surface area contributed by atoms with Gasteiger partial charge in [-0.25, -0.2) is 4.39 Å². The molecule has 0 saturated carbocycles. The van der Waals surface area contributed by atoms with Gasteiger partial charge >= 0.3 is 0 Å². The van der Waals surface area contributed by atoms with Crippen molar-refractivity contribution in [3.8, 4) is 11.1 Å². The molecule has 0 aliphatic heterocycles. The highest BCUT2D eigenvalue weighted by molar-refractivity contribution is 6.30. The van der Waals surface area contributed by atoms with Gasteiger partial charge in [-0.15, -0.1) is 0 Å².